The molecule has 1 N–H and O–H groups in total. The summed E-state index contributed by atoms with van der Waals surface area (Å²) >= 11 is 0. The van der Waals surface area contributed by atoms with Crippen LogP contribution in [-0.2, 0) is 6.54 Å². The fourth-order valence-corrected chi connectivity index (χ4v) is 2.13. The molecule has 2 rings (SSSR count). The van der Waals surface area contributed by atoms with Gasteiger partial charge in [-0.3, -0.25) is 0 Å². The zero-order chi connectivity index (χ0) is 11.6. The van der Waals surface area contributed by atoms with Crippen LogP contribution in [0.1, 0.15) is 13.8 Å². The summed E-state index contributed by atoms with van der Waals surface area (Å²) in [4.78, 5) is 4.41. The molecule has 1 aromatic heterocycles. The van der Waals surface area contributed by atoms with Crippen LogP contribution in [0.4, 0.5) is 0 Å². The Morgan fingerprint density at radius 1 is 1.31 bits per heavy atom. The minimum atomic E-state index is 0.234. The summed E-state index contributed by atoms with van der Waals surface area (Å²) in [6.07, 6.45) is 1.93. The van der Waals surface area contributed by atoms with Gasteiger partial charge in [-0.25, -0.2) is 4.98 Å². The third-order valence-electron chi connectivity index (χ3n) is 2.78. The van der Waals surface area contributed by atoms with Gasteiger partial charge in [0, 0.05) is 13.1 Å². The highest BCUT2D eigenvalue weighted by atomic mass is 15.1. The van der Waals surface area contributed by atoms with Gasteiger partial charge < -0.3 is 9.88 Å². The van der Waals surface area contributed by atoms with Gasteiger partial charge in [-0.2, -0.15) is 0 Å². The van der Waals surface area contributed by atoms with Crippen LogP contribution in [-0.4, -0.2) is 23.1 Å². The monoisotopic (exact) mass is 217 g/mol. The summed E-state index contributed by atoms with van der Waals surface area (Å²) in [6.45, 7) is 6.50. The molecule has 16 heavy (non-hydrogen) atoms. The molecule has 0 aliphatic rings. The van der Waals surface area contributed by atoms with E-state index in [4.69, 9.17) is 0 Å². The van der Waals surface area contributed by atoms with Crippen LogP contribution in [0.15, 0.2) is 30.6 Å². The van der Waals surface area contributed by atoms with E-state index in [0.29, 0.717) is 0 Å². The molecule has 0 aliphatic carbocycles. The number of hydrogen-bond donors (Lipinski definition) is 1. The number of para-hydroxylation sites is 2. The largest absolute Gasteiger partial charge is 0.330 e. The summed E-state index contributed by atoms with van der Waals surface area (Å²) in [7, 11) is 1.99. The van der Waals surface area contributed by atoms with Gasteiger partial charge in [0.1, 0.15) is 0 Å². The number of benzene rings is 1. The van der Waals surface area contributed by atoms with Crippen molar-refractivity contribution >= 4 is 11.0 Å². The summed E-state index contributed by atoms with van der Waals surface area (Å²) in [5.41, 5.74) is 2.52. The van der Waals surface area contributed by atoms with Gasteiger partial charge in [-0.05, 0) is 24.6 Å². The van der Waals surface area contributed by atoms with E-state index in [-0.39, 0.29) is 5.41 Å². The minimum absolute atomic E-state index is 0.234. The lowest BCUT2D eigenvalue weighted by Gasteiger charge is -2.24. The molecule has 0 aliphatic heterocycles. The molecule has 0 amide bonds. The summed E-state index contributed by atoms with van der Waals surface area (Å²) < 4.78 is 2.23. The maximum absolute atomic E-state index is 4.41. The van der Waals surface area contributed by atoms with Crippen molar-refractivity contribution in [3.05, 3.63) is 30.6 Å². The number of nitrogens with zero attached hydrogens (tertiary/aromatic N) is 2. The quantitative estimate of drug-likeness (QED) is 0.851. The van der Waals surface area contributed by atoms with E-state index >= 15 is 0 Å². The molecular weight excluding hydrogens is 198 g/mol. The van der Waals surface area contributed by atoms with E-state index in [1.54, 1.807) is 0 Å². The highest BCUT2D eigenvalue weighted by Crippen LogP contribution is 2.20. The van der Waals surface area contributed by atoms with Crippen LogP contribution in [0, 0.1) is 5.41 Å². The number of nitrogens with one attached hydrogen (secondary N) is 1. The summed E-state index contributed by atoms with van der Waals surface area (Å²) in [5.74, 6) is 0. The fourth-order valence-electron chi connectivity index (χ4n) is 2.13. The zero-order valence-corrected chi connectivity index (χ0v) is 10.2. The van der Waals surface area contributed by atoms with E-state index in [1.807, 2.05) is 19.4 Å². The lowest BCUT2D eigenvalue weighted by Crippen LogP contribution is -2.30. The SMILES string of the molecule is CNCC(C)(C)Cn1cnc2ccccc21. The molecule has 86 valence electrons. The van der Waals surface area contributed by atoms with Crippen molar-refractivity contribution in [1.29, 1.82) is 0 Å². The molecule has 1 heterocycles. The second-order valence-electron chi connectivity index (χ2n) is 5.06. The van der Waals surface area contributed by atoms with Gasteiger partial charge in [-0.15, -0.1) is 0 Å². The number of fused-ring (bicyclic) bond motifs is 1. The van der Waals surface area contributed by atoms with Gasteiger partial charge >= 0.3 is 0 Å². The highest BCUT2D eigenvalue weighted by molar-refractivity contribution is 5.74. The van der Waals surface area contributed by atoms with Gasteiger partial charge in [0.2, 0.25) is 0 Å². The maximum Gasteiger partial charge on any atom is 0.0958 e. The van der Waals surface area contributed by atoms with E-state index in [1.165, 1.54) is 5.52 Å². The Kier molecular flexibility index (Phi) is 2.97. The molecule has 0 saturated heterocycles. The molecule has 2 aromatic rings. The van der Waals surface area contributed by atoms with E-state index in [9.17, 15) is 0 Å². The Morgan fingerprint density at radius 3 is 2.81 bits per heavy atom. The average molecular weight is 217 g/mol. The van der Waals surface area contributed by atoms with E-state index in [2.05, 4.69) is 46.9 Å². The third kappa shape index (κ3) is 2.25. The number of imidazole rings is 1. The molecule has 0 bridgehead atoms. The Bertz CT molecular complexity index is 471. The predicted molar refractivity (Wildman–Crippen MR) is 67.4 cm³/mol. The lowest BCUT2D eigenvalue weighted by atomic mass is 9.93. The minimum Gasteiger partial charge on any atom is -0.330 e. The molecule has 0 spiro atoms. The van der Waals surface area contributed by atoms with Gasteiger partial charge in [-0.1, -0.05) is 26.0 Å². The second kappa shape index (κ2) is 4.26. The molecule has 3 heteroatoms. The Balaban J connectivity index is 2.27. The summed E-state index contributed by atoms with van der Waals surface area (Å²) in [6, 6.07) is 8.26. The topological polar surface area (TPSA) is 29.9 Å². The highest BCUT2D eigenvalue weighted by Gasteiger charge is 2.18. The van der Waals surface area contributed by atoms with Gasteiger partial charge in [0.05, 0.1) is 17.4 Å². The molecule has 0 fully saturated rings. The fraction of sp³-hybridized carbons (Fsp3) is 0.462. The van der Waals surface area contributed by atoms with Gasteiger partial charge in [0.25, 0.3) is 0 Å². The van der Waals surface area contributed by atoms with Crippen LogP contribution >= 0.6 is 0 Å². The standard InChI is InChI=1S/C13H19N3/c1-13(2,8-14-3)9-16-10-15-11-6-4-5-7-12(11)16/h4-7,10,14H,8-9H2,1-3H3. The van der Waals surface area contributed by atoms with Gasteiger partial charge in [0.15, 0.2) is 0 Å². The van der Waals surface area contributed by atoms with Crippen molar-refractivity contribution in [1.82, 2.24) is 14.9 Å². The predicted octanol–water partition coefficient (Wildman–Crippen LogP) is 2.28. The van der Waals surface area contributed by atoms with Crippen LogP contribution in [0.3, 0.4) is 0 Å². The van der Waals surface area contributed by atoms with Crippen LogP contribution < -0.4 is 5.32 Å². The van der Waals surface area contributed by atoms with E-state index in [0.717, 1.165) is 18.6 Å². The van der Waals surface area contributed by atoms with Crippen molar-refractivity contribution in [2.24, 2.45) is 5.41 Å². The zero-order valence-electron chi connectivity index (χ0n) is 10.2. The van der Waals surface area contributed by atoms with E-state index < -0.39 is 0 Å². The molecule has 3 nitrogen and oxygen atoms in total. The van der Waals surface area contributed by atoms with Crippen molar-refractivity contribution < 1.29 is 0 Å². The molecule has 0 unspecified atom stereocenters. The lowest BCUT2D eigenvalue weighted by molar-refractivity contribution is 0.301. The van der Waals surface area contributed by atoms with Crippen molar-refractivity contribution in [3.8, 4) is 0 Å². The number of aromatic nitrogens is 2. The Morgan fingerprint density at radius 2 is 2.06 bits per heavy atom. The van der Waals surface area contributed by atoms with Crippen LogP contribution in [0.5, 0.6) is 0 Å². The molecule has 0 atom stereocenters. The smallest absolute Gasteiger partial charge is 0.0958 e. The average Bonchev–Trinajstić information content (AvgIpc) is 2.61. The molecular formula is C13H19N3. The second-order valence-corrected chi connectivity index (χ2v) is 5.06. The van der Waals surface area contributed by atoms with Crippen molar-refractivity contribution in [2.75, 3.05) is 13.6 Å². The Labute approximate surface area is 96.5 Å². The Hall–Kier alpha value is -1.35. The molecule has 1 aromatic carbocycles. The maximum atomic E-state index is 4.41. The molecule has 0 saturated carbocycles. The number of rotatable bonds is 4. The van der Waals surface area contributed by atoms with Crippen LogP contribution in [0.25, 0.3) is 11.0 Å². The third-order valence-corrected chi connectivity index (χ3v) is 2.78. The van der Waals surface area contributed by atoms with Crippen molar-refractivity contribution in [3.63, 3.8) is 0 Å². The first-order chi connectivity index (χ1) is 7.62. The first-order valence-electron chi connectivity index (χ1n) is 5.67. The number of hydrogen-bond acceptors (Lipinski definition) is 2. The van der Waals surface area contributed by atoms with Crippen molar-refractivity contribution in [2.45, 2.75) is 20.4 Å². The van der Waals surface area contributed by atoms with Crippen LogP contribution in [0.2, 0.25) is 0 Å². The first-order valence-corrected chi connectivity index (χ1v) is 5.67. The summed E-state index contributed by atoms with van der Waals surface area (Å²) in [5, 5.41) is 3.23. The normalized spacial score (nSPS) is 12.2. The molecule has 0 radical (unpaired) electrons. The first kappa shape index (κ1) is 11.1.